The van der Waals surface area contributed by atoms with Gasteiger partial charge >= 0.3 is 6.18 Å². The zero-order valence-corrected chi connectivity index (χ0v) is 15.6. The van der Waals surface area contributed by atoms with Crippen LogP contribution in [0.5, 0.6) is 0 Å². The molecule has 0 atom stereocenters. The summed E-state index contributed by atoms with van der Waals surface area (Å²) in [6.45, 7) is 1.76. The molecule has 0 spiro atoms. The smallest absolute Gasteiger partial charge is 0.356 e. The molecule has 146 valence electrons. The van der Waals surface area contributed by atoms with Gasteiger partial charge in [0, 0.05) is 33.8 Å². The lowest BCUT2D eigenvalue weighted by molar-refractivity contribution is -0.137. The summed E-state index contributed by atoms with van der Waals surface area (Å²) >= 11 is 0. The second-order valence-electron chi connectivity index (χ2n) is 6.73. The molecule has 0 bridgehead atoms. The van der Waals surface area contributed by atoms with Gasteiger partial charge in [-0.25, -0.2) is 0 Å². The largest absolute Gasteiger partial charge is 0.416 e. The number of halogens is 3. The van der Waals surface area contributed by atoms with E-state index >= 15 is 0 Å². The van der Waals surface area contributed by atoms with Crippen molar-refractivity contribution in [3.05, 3.63) is 90.1 Å². The molecular formula is C23H18F3N3. The number of nitrogens with zero attached hydrogens (tertiary/aromatic N) is 1. The van der Waals surface area contributed by atoms with Crippen LogP contribution in [-0.4, -0.2) is 4.98 Å². The van der Waals surface area contributed by atoms with Gasteiger partial charge in [-0.05, 0) is 61.5 Å². The van der Waals surface area contributed by atoms with Crippen LogP contribution in [-0.2, 0) is 6.18 Å². The number of aromatic nitrogens is 1. The molecule has 0 saturated carbocycles. The van der Waals surface area contributed by atoms with Crippen LogP contribution in [0.25, 0.3) is 10.9 Å². The predicted octanol–water partition coefficient (Wildman–Crippen LogP) is 7.05. The number of rotatable bonds is 4. The van der Waals surface area contributed by atoms with Crippen LogP contribution in [0.1, 0.15) is 11.3 Å². The van der Waals surface area contributed by atoms with E-state index in [0.29, 0.717) is 22.3 Å². The molecule has 0 radical (unpaired) electrons. The number of nitrogens with one attached hydrogen (secondary N) is 2. The Balaban J connectivity index is 1.60. The van der Waals surface area contributed by atoms with Gasteiger partial charge < -0.3 is 10.6 Å². The molecule has 1 aromatic heterocycles. The van der Waals surface area contributed by atoms with Crippen molar-refractivity contribution in [2.45, 2.75) is 13.1 Å². The van der Waals surface area contributed by atoms with Crippen LogP contribution >= 0.6 is 0 Å². The van der Waals surface area contributed by atoms with Crippen molar-refractivity contribution >= 4 is 33.7 Å². The average Bonchev–Trinajstić information content (AvgIpc) is 2.69. The van der Waals surface area contributed by atoms with Gasteiger partial charge in [0.15, 0.2) is 0 Å². The number of hydrogen-bond donors (Lipinski definition) is 2. The molecule has 29 heavy (non-hydrogen) atoms. The quantitative estimate of drug-likeness (QED) is 0.390. The fourth-order valence-corrected chi connectivity index (χ4v) is 3.12. The highest BCUT2D eigenvalue weighted by molar-refractivity contribution is 5.93. The van der Waals surface area contributed by atoms with Crippen LogP contribution in [0.4, 0.5) is 35.9 Å². The summed E-state index contributed by atoms with van der Waals surface area (Å²) < 4.78 is 39.0. The van der Waals surface area contributed by atoms with E-state index in [1.807, 2.05) is 60.7 Å². The Morgan fingerprint density at radius 1 is 0.724 bits per heavy atom. The number of anilines is 4. The summed E-state index contributed by atoms with van der Waals surface area (Å²) in [5.41, 5.74) is 3.72. The number of fused-ring (bicyclic) bond motifs is 1. The maximum atomic E-state index is 13.0. The summed E-state index contributed by atoms with van der Waals surface area (Å²) in [5, 5.41) is 7.23. The molecule has 0 aliphatic carbocycles. The van der Waals surface area contributed by atoms with Crippen LogP contribution in [0.3, 0.4) is 0 Å². The van der Waals surface area contributed by atoms with E-state index in [4.69, 9.17) is 0 Å². The van der Waals surface area contributed by atoms with Gasteiger partial charge in [-0.3, -0.25) is 4.98 Å². The Morgan fingerprint density at radius 3 is 2.00 bits per heavy atom. The summed E-state index contributed by atoms with van der Waals surface area (Å²) in [6.07, 6.45) is -4.39. The van der Waals surface area contributed by atoms with Crippen molar-refractivity contribution < 1.29 is 13.2 Å². The molecule has 0 saturated heterocycles. The molecule has 0 fully saturated rings. The van der Waals surface area contributed by atoms with Gasteiger partial charge in [-0.2, -0.15) is 13.2 Å². The normalized spacial score (nSPS) is 11.4. The first kappa shape index (κ1) is 18.8. The van der Waals surface area contributed by atoms with E-state index in [1.54, 1.807) is 6.92 Å². The standard InChI is InChI=1S/C23H18F3N3/c1-15-13-21(20-12-7-16(23(24,25)26)14-22(20)27-15)29-19-10-8-18(9-11-19)28-17-5-3-2-4-6-17/h2-14,28H,1H3,(H,27,29). The van der Waals surface area contributed by atoms with Crippen LogP contribution < -0.4 is 10.6 Å². The molecule has 0 unspecified atom stereocenters. The number of para-hydroxylation sites is 1. The Kier molecular flexibility index (Phi) is 4.84. The number of hydrogen-bond acceptors (Lipinski definition) is 3. The summed E-state index contributed by atoms with van der Waals surface area (Å²) in [5.74, 6) is 0. The maximum absolute atomic E-state index is 13.0. The molecule has 0 aliphatic heterocycles. The molecule has 4 aromatic rings. The Labute approximate surface area is 166 Å². The van der Waals surface area contributed by atoms with E-state index in [1.165, 1.54) is 6.07 Å². The second kappa shape index (κ2) is 7.47. The fourth-order valence-electron chi connectivity index (χ4n) is 3.12. The van der Waals surface area contributed by atoms with Gasteiger partial charge in [0.1, 0.15) is 0 Å². The summed E-state index contributed by atoms with van der Waals surface area (Å²) in [7, 11) is 0. The van der Waals surface area contributed by atoms with Crippen LogP contribution in [0.15, 0.2) is 78.9 Å². The number of benzene rings is 3. The minimum absolute atomic E-state index is 0.310. The first-order valence-electron chi connectivity index (χ1n) is 9.06. The first-order chi connectivity index (χ1) is 13.9. The molecule has 1 heterocycles. The zero-order valence-electron chi connectivity index (χ0n) is 15.6. The number of aryl methyl sites for hydroxylation is 1. The van der Waals surface area contributed by atoms with E-state index in [2.05, 4.69) is 15.6 Å². The van der Waals surface area contributed by atoms with E-state index in [0.717, 1.165) is 29.2 Å². The van der Waals surface area contributed by atoms with Crippen molar-refractivity contribution in [1.82, 2.24) is 4.98 Å². The lowest BCUT2D eigenvalue weighted by Crippen LogP contribution is -2.05. The highest BCUT2D eigenvalue weighted by Gasteiger charge is 2.30. The number of pyridine rings is 1. The lowest BCUT2D eigenvalue weighted by atomic mass is 10.1. The third-order valence-corrected chi connectivity index (χ3v) is 4.49. The van der Waals surface area contributed by atoms with Gasteiger partial charge in [0.2, 0.25) is 0 Å². The minimum atomic E-state index is -4.39. The third-order valence-electron chi connectivity index (χ3n) is 4.49. The van der Waals surface area contributed by atoms with Crippen molar-refractivity contribution in [2.24, 2.45) is 0 Å². The second-order valence-corrected chi connectivity index (χ2v) is 6.73. The zero-order chi connectivity index (χ0) is 20.4. The Bertz CT molecular complexity index is 1140. The molecule has 0 aliphatic rings. The third kappa shape index (κ3) is 4.32. The molecule has 0 amide bonds. The van der Waals surface area contributed by atoms with Gasteiger partial charge in [-0.1, -0.05) is 24.3 Å². The molecule has 3 nitrogen and oxygen atoms in total. The summed E-state index contributed by atoms with van der Waals surface area (Å²) in [4.78, 5) is 4.26. The maximum Gasteiger partial charge on any atom is 0.416 e. The van der Waals surface area contributed by atoms with Crippen LogP contribution in [0, 0.1) is 6.92 Å². The predicted molar refractivity (Wildman–Crippen MR) is 111 cm³/mol. The minimum Gasteiger partial charge on any atom is -0.356 e. The number of alkyl halides is 3. The van der Waals surface area contributed by atoms with Crippen molar-refractivity contribution in [2.75, 3.05) is 10.6 Å². The Morgan fingerprint density at radius 2 is 1.34 bits per heavy atom. The van der Waals surface area contributed by atoms with Crippen molar-refractivity contribution in [1.29, 1.82) is 0 Å². The van der Waals surface area contributed by atoms with Crippen molar-refractivity contribution in [3.63, 3.8) is 0 Å². The monoisotopic (exact) mass is 393 g/mol. The van der Waals surface area contributed by atoms with Crippen molar-refractivity contribution in [3.8, 4) is 0 Å². The fraction of sp³-hybridized carbons (Fsp3) is 0.0870. The molecule has 2 N–H and O–H groups in total. The lowest BCUT2D eigenvalue weighted by Gasteiger charge is -2.13. The molecular weight excluding hydrogens is 375 g/mol. The van der Waals surface area contributed by atoms with Gasteiger partial charge in [-0.15, -0.1) is 0 Å². The molecule has 6 heteroatoms. The van der Waals surface area contributed by atoms with E-state index < -0.39 is 11.7 Å². The molecule has 4 rings (SSSR count). The highest BCUT2D eigenvalue weighted by Crippen LogP contribution is 2.34. The highest BCUT2D eigenvalue weighted by atomic mass is 19.4. The summed E-state index contributed by atoms with van der Waals surface area (Å²) in [6, 6.07) is 23.0. The SMILES string of the molecule is Cc1cc(Nc2ccc(Nc3ccccc3)cc2)c2ccc(C(F)(F)F)cc2n1. The van der Waals surface area contributed by atoms with E-state index in [-0.39, 0.29) is 0 Å². The van der Waals surface area contributed by atoms with E-state index in [9.17, 15) is 13.2 Å². The topological polar surface area (TPSA) is 37.0 Å². The average molecular weight is 393 g/mol. The Hall–Kier alpha value is -3.54. The van der Waals surface area contributed by atoms with Gasteiger partial charge in [0.25, 0.3) is 0 Å². The first-order valence-corrected chi connectivity index (χ1v) is 9.06. The molecule has 3 aromatic carbocycles. The van der Waals surface area contributed by atoms with Crippen LogP contribution in [0.2, 0.25) is 0 Å². The van der Waals surface area contributed by atoms with Gasteiger partial charge in [0.05, 0.1) is 11.1 Å².